The zero-order valence-corrected chi connectivity index (χ0v) is 16.1. The van der Waals surface area contributed by atoms with Crippen LogP contribution in [0.4, 0.5) is 11.4 Å². The van der Waals surface area contributed by atoms with Crippen LogP contribution in [0.25, 0.3) is 0 Å². The van der Waals surface area contributed by atoms with Crippen molar-refractivity contribution >= 4 is 23.2 Å². The third-order valence-corrected chi connectivity index (χ3v) is 4.69. The number of hydrogen-bond donors (Lipinski definition) is 4. The van der Waals surface area contributed by atoms with Gasteiger partial charge in [-0.05, 0) is 37.1 Å². The number of nitrogens with one attached hydrogen (secondary N) is 4. The Labute approximate surface area is 164 Å². The van der Waals surface area contributed by atoms with Crippen molar-refractivity contribution < 1.29 is 14.3 Å². The first-order valence-corrected chi connectivity index (χ1v) is 9.47. The van der Waals surface area contributed by atoms with Crippen molar-refractivity contribution in [2.24, 2.45) is 0 Å². The smallest absolute Gasteiger partial charge is 0.257 e. The van der Waals surface area contributed by atoms with Gasteiger partial charge < -0.3 is 15.4 Å². The van der Waals surface area contributed by atoms with Crippen LogP contribution in [0.15, 0.2) is 48.5 Å². The maximum atomic E-state index is 12.7. The lowest BCUT2D eigenvalue weighted by Gasteiger charge is -2.14. The van der Waals surface area contributed by atoms with Crippen molar-refractivity contribution in [3.05, 3.63) is 54.1 Å². The molecule has 28 heavy (non-hydrogen) atoms. The normalized spacial score (nSPS) is 18.5. The minimum atomic E-state index is -0.328. The lowest BCUT2D eigenvalue weighted by molar-refractivity contribution is -0.117. The highest BCUT2D eigenvalue weighted by atomic mass is 16.5. The summed E-state index contributed by atoms with van der Waals surface area (Å²) in [6.07, 6.45) is 2.79. The zero-order chi connectivity index (χ0) is 19.9. The summed E-state index contributed by atoms with van der Waals surface area (Å²) in [6, 6.07) is 14.0. The van der Waals surface area contributed by atoms with Gasteiger partial charge in [0.25, 0.3) is 5.91 Å². The largest absolute Gasteiger partial charge is 0.497 e. The van der Waals surface area contributed by atoms with Gasteiger partial charge in [0.2, 0.25) is 5.91 Å². The topological polar surface area (TPSA) is 91.5 Å². The van der Waals surface area contributed by atoms with Gasteiger partial charge in [-0.3, -0.25) is 15.0 Å². The summed E-state index contributed by atoms with van der Waals surface area (Å²) < 4.78 is 5.18. The van der Waals surface area contributed by atoms with Gasteiger partial charge in [-0.2, -0.15) is 0 Å². The van der Waals surface area contributed by atoms with E-state index in [4.69, 9.17) is 4.74 Å². The van der Waals surface area contributed by atoms with E-state index >= 15 is 0 Å². The second-order valence-electron chi connectivity index (χ2n) is 6.78. The fourth-order valence-corrected chi connectivity index (χ4v) is 3.24. The van der Waals surface area contributed by atoms with E-state index in [2.05, 4.69) is 28.4 Å². The van der Waals surface area contributed by atoms with Gasteiger partial charge in [-0.1, -0.05) is 31.5 Å². The van der Waals surface area contributed by atoms with E-state index in [1.165, 1.54) is 0 Å². The molecule has 4 N–H and O–H groups in total. The highest BCUT2D eigenvalue weighted by Crippen LogP contribution is 2.21. The Hall–Kier alpha value is -2.90. The van der Waals surface area contributed by atoms with E-state index < -0.39 is 0 Å². The molecule has 7 nitrogen and oxygen atoms in total. The summed E-state index contributed by atoms with van der Waals surface area (Å²) in [5.74, 6) is 0.194. The van der Waals surface area contributed by atoms with Crippen molar-refractivity contribution in [2.75, 3.05) is 17.7 Å². The summed E-state index contributed by atoms with van der Waals surface area (Å²) in [5.41, 5.74) is 7.69. The summed E-state index contributed by atoms with van der Waals surface area (Å²) in [6.45, 7) is 2.12. The van der Waals surface area contributed by atoms with Crippen LogP contribution in [0.1, 0.15) is 36.5 Å². The molecule has 1 aliphatic rings. The fraction of sp³-hybridized carbons (Fsp3) is 0.333. The van der Waals surface area contributed by atoms with Crippen LogP contribution >= 0.6 is 0 Å². The van der Waals surface area contributed by atoms with Crippen molar-refractivity contribution in [2.45, 2.75) is 38.3 Å². The van der Waals surface area contributed by atoms with Crippen LogP contribution in [0.5, 0.6) is 5.75 Å². The number of hydrogen-bond acceptors (Lipinski definition) is 5. The average molecular weight is 382 g/mol. The van der Waals surface area contributed by atoms with Gasteiger partial charge in [-0.25, -0.2) is 5.43 Å². The molecule has 0 spiro atoms. The monoisotopic (exact) mass is 382 g/mol. The van der Waals surface area contributed by atoms with Crippen LogP contribution in [0, 0.1) is 0 Å². The number of amides is 2. The summed E-state index contributed by atoms with van der Waals surface area (Å²) in [4.78, 5) is 25.4. The number of benzene rings is 2. The number of carbonyl (C=O) groups is 2. The Morgan fingerprint density at radius 1 is 1.11 bits per heavy atom. The molecule has 3 rings (SSSR count). The number of anilines is 2. The van der Waals surface area contributed by atoms with Gasteiger partial charge >= 0.3 is 0 Å². The Kier molecular flexibility index (Phi) is 6.62. The molecule has 1 saturated heterocycles. The molecule has 0 aromatic heterocycles. The molecule has 1 fully saturated rings. The SMILES string of the molecule is CCCC1CC(C(=O)Nc2ccccc2C(=O)Nc2cccc(OC)c2)NN1. The predicted octanol–water partition coefficient (Wildman–Crippen LogP) is 2.92. The molecule has 0 aliphatic carbocycles. The molecule has 2 aromatic carbocycles. The van der Waals surface area contributed by atoms with Gasteiger partial charge in [0.05, 0.1) is 18.4 Å². The van der Waals surface area contributed by atoms with E-state index in [1.54, 1.807) is 55.6 Å². The third-order valence-electron chi connectivity index (χ3n) is 4.69. The van der Waals surface area contributed by atoms with Crippen molar-refractivity contribution in [1.29, 1.82) is 0 Å². The summed E-state index contributed by atoms with van der Waals surface area (Å²) in [7, 11) is 1.57. The molecule has 0 bridgehead atoms. The summed E-state index contributed by atoms with van der Waals surface area (Å²) in [5, 5.41) is 5.72. The first kappa shape index (κ1) is 19.9. The fourth-order valence-electron chi connectivity index (χ4n) is 3.24. The Morgan fingerprint density at radius 3 is 2.71 bits per heavy atom. The molecule has 2 unspecified atom stereocenters. The van der Waals surface area contributed by atoms with Gasteiger partial charge in [0, 0.05) is 17.8 Å². The minimum Gasteiger partial charge on any atom is -0.497 e. The predicted molar refractivity (Wildman–Crippen MR) is 109 cm³/mol. The van der Waals surface area contributed by atoms with Crippen molar-refractivity contribution in [3.8, 4) is 5.75 Å². The standard InChI is InChI=1S/C21H26N4O3/c1-3-7-15-13-19(25-24-15)21(27)23-18-11-5-4-10-17(18)20(26)22-14-8-6-9-16(12-14)28-2/h4-6,8-12,15,19,24-25H,3,7,13H2,1-2H3,(H,22,26)(H,23,27). The molecular weight excluding hydrogens is 356 g/mol. The highest BCUT2D eigenvalue weighted by molar-refractivity contribution is 6.10. The molecule has 7 heteroatoms. The van der Waals surface area contributed by atoms with Crippen LogP contribution < -0.4 is 26.2 Å². The number of hydrazine groups is 1. The van der Waals surface area contributed by atoms with Crippen LogP contribution in [-0.2, 0) is 4.79 Å². The van der Waals surface area contributed by atoms with E-state index in [-0.39, 0.29) is 23.9 Å². The lowest BCUT2D eigenvalue weighted by atomic mass is 10.1. The maximum Gasteiger partial charge on any atom is 0.257 e. The molecular formula is C21H26N4O3. The Balaban J connectivity index is 1.68. The molecule has 0 saturated carbocycles. The second kappa shape index (κ2) is 9.34. The van der Waals surface area contributed by atoms with Crippen LogP contribution in [0.3, 0.4) is 0 Å². The molecule has 148 valence electrons. The van der Waals surface area contributed by atoms with Gasteiger partial charge in [-0.15, -0.1) is 0 Å². The van der Waals surface area contributed by atoms with Gasteiger partial charge in [0.1, 0.15) is 11.8 Å². The van der Waals surface area contributed by atoms with Crippen molar-refractivity contribution in [3.63, 3.8) is 0 Å². The molecule has 1 heterocycles. The molecule has 0 radical (unpaired) electrons. The van der Waals surface area contributed by atoms with Gasteiger partial charge in [0.15, 0.2) is 0 Å². The van der Waals surface area contributed by atoms with Crippen LogP contribution in [-0.4, -0.2) is 31.0 Å². The second-order valence-corrected chi connectivity index (χ2v) is 6.78. The maximum absolute atomic E-state index is 12.7. The lowest BCUT2D eigenvalue weighted by Crippen LogP contribution is -2.40. The zero-order valence-electron chi connectivity index (χ0n) is 16.1. The Morgan fingerprint density at radius 2 is 1.93 bits per heavy atom. The number of carbonyl (C=O) groups excluding carboxylic acids is 2. The molecule has 2 aromatic rings. The van der Waals surface area contributed by atoms with E-state index in [0.29, 0.717) is 22.7 Å². The van der Waals surface area contributed by atoms with E-state index in [1.807, 2.05) is 0 Å². The first-order valence-electron chi connectivity index (χ1n) is 9.47. The first-order chi connectivity index (χ1) is 13.6. The van der Waals surface area contributed by atoms with E-state index in [0.717, 1.165) is 19.3 Å². The van der Waals surface area contributed by atoms with Crippen LogP contribution in [0.2, 0.25) is 0 Å². The highest BCUT2D eigenvalue weighted by Gasteiger charge is 2.29. The molecule has 1 aliphatic heterocycles. The van der Waals surface area contributed by atoms with Crippen molar-refractivity contribution in [1.82, 2.24) is 10.9 Å². The molecule has 2 amide bonds. The number of ether oxygens (including phenoxy) is 1. The summed E-state index contributed by atoms with van der Waals surface area (Å²) >= 11 is 0. The molecule has 2 atom stereocenters. The minimum absolute atomic E-state index is 0.160. The number of rotatable bonds is 7. The quantitative estimate of drug-likeness (QED) is 0.591. The van der Waals surface area contributed by atoms with E-state index in [9.17, 15) is 9.59 Å². The Bertz CT molecular complexity index is 840. The number of methoxy groups -OCH3 is 1. The third kappa shape index (κ3) is 4.88. The number of para-hydroxylation sites is 1. The average Bonchev–Trinajstić information content (AvgIpc) is 3.17.